The first kappa shape index (κ1) is 32.7. The van der Waals surface area contributed by atoms with Crippen molar-refractivity contribution < 1.29 is 0 Å². The van der Waals surface area contributed by atoms with Gasteiger partial charge in [0.25, 0.3) is 0 Å². The Kier molecular flexibility index (Phi) is 7.81. The molecule has 1 aliphatic rings. The molecule has 0 saturated heterocycles. The summed E-state index contributed by atoms with van der Waals surface area (Å²) in [6.45, 7) is 4.70. The van der Waals surface area contributed by atoms with Crippen LogP contribution >= 0.6 is 0 Å². The van der Waals surface area contributed by atoms with Crippen LogP contribution in [0.15, 0.2) is 188 Å². The summed E-state index contributed by atoms with van der Waals surface area (Å²) in [6, 6.07) is 66.5. The minimum Gasteiger partial charge on any atom is -0.208 e. The Morgan fingerprint density at radius 3 is 1.40 bits per heavy atom. The van der Waals surface area contributed by atoms with Crippen LogP contribution in [0.5, 0.6) is 0 Å². The lowest BCUT2D eigenvalue weighted by Gasteiger charge is -2.24. The third-order valence-corrected chi connectivity index (χ3v) is 11.2. The summed E-state index contributed by atoms with van der Waals surface area (Å²) >= 11 is 0. The normalized spacial score (nSPS) is 12.7. The first-order valence-electron chi connectivity index (χ1n) is 18.9. The third-order valence-electron chi connectivity index (χ3n) is 11.2. The van der Waals surface area contributed by atoms with Gasteiger partial charge in [0.1, 0.15) is 0 Å². The second-order valence-electron chi connectivity index (χ2n) is 14.8. The van der Waals surface area contributed by atoms with E-state index in [4.69, 9.17) is 15.0 Å². The van der Waals surface area contributed by atoms with Gasteiger partial charge in [0, 0.05) is 22.1 Å². The molecule has 3 heteroatoms. The second kappa shape index (κ2) is 13.2. The van der Waals surface area contributed by atoms with Gasteiger partial charge in [-0.05, 0) is 72.5 Å². The highest BCUT2D eigenvalue weighted by atomic mass is 15.0. The molecule has 0 spiro atoms. The van der Waals surface area contributed by atoms with Gasteiger partial charge in [0.2, 0.25) is 0 Å². The molecule has 8 aromatic carbocycles. The molecular formula is C52H37N3. The van der Waals surface area contributed by atoms with Crippen LogP contribution in [0.3, 0.4) is 0 Å². The predicted molar refractivity (Wildman–Crippen MR) is 228 cm³/mol. The van der Waals surface area contributed by atoms with Crippen molar-refractivity contribution in [1.29, 1.82) is 0 Å². The maximum Gasteiger partial charge on any atom is 0.164 e. The molecule has 1 aliphatic carbocycles. The number of benzene rings is 8. The van der Waals surface area contributed by atoms with Crippen molar-refractivity contribution in [3.63, 3.8) is 0 Å². The van der Waals surface area contributed by atoms with Crippen molar-refractivity contribution in [2.45, 2.75) is 19.3 Å². The molecule has 1 heterocycles. The van der Waals surface area contributed by atoms with E-state index < -0.39 is 0 Å². The highest BCUT2D eigenvalue weighted by Gasteiger charge is 2.37. The highest BCUT2D eigenvalue weighted by molar-refractivity contribution is 5.99. The molecule has 1 aromatic heterocycles. The van der Waals surface area contributed by atoms with Crippen LogP contribution < -0.4 is 0 Å². The highest BCUT2D eigenvalue weighted by Crippen LogP contribution is 2.52. The zero-order chi connectivity index (χ0) is 36.9. The molecule has 55 heavy (non-hydrogen) atoms. The van der Waals surface area contributed by atoms with Gasteiger partial charge in [-0.25, -0.2) is 15.0 Å². The molecular weight excluding hydrogens is 667 g/mol. The Bertz CT molecular complexity index is 2790. The molecule has 0 amide bonds. The maximum atomic E-state index is 5.29. The van der Waals surface area contributed by atoms with Crippen LogP contribution in [0.1, 0.15) is 25.0 Å². The van der Waals surface area contributed by atoms with Gasteiger partial charge in [-0.3, -0.25) is 0 Å². The van der Waals surface area contributed by atoms with Gasteiger partial charge in [-0.1, -0.05) is 196 Å². The van der Waals surface area contributed by atoms with Crippen molar-refractivity contribution >= 4 is 10.8 Å². The van der Waals surface area contributed by atoms with E-state index in [-0.39, 0.29) is 5.41 Å². The topological polar surface area (TPSA) is 38.7 Å². The SMILES string of the molecule is CC1(C)c2ccccc2-c2cccc(-c3ccc4c(-c5nc(-c6ccccc6-c6ccccc6)nc(-c6ccccc6-c6ccccc6)n5)cccc4c3)c21. The summed E-state index contributed by atoms with van der Waals surface area (Å²) < 4.78 is 0. The molecule has 9 aromatic rings. The number of hydrogen-bond donors (Lipinski definition) is 0. The Balaban J connectivity index is 1.16. The number of rotatable bonds is 6. The van der Waals surface area contributed by atoms with Crippen molar-refractivity contribution in [2.75, 3.05) is 0 Å². The van der Waals surface area contributed by atoms with Crippen molar-refractivity contribution in [2.24, 2.45) is 0 Å². The van der Waals surface area contributed by atoms with E-state index in [0.29, 0.717) is 17.5 Å². The number of nitrogens with zero attached hydrogens (tertiary/aromatic N) is 3. The van der Waals surface area contributed by atoms with Crippen LogP contribution in [0.2, 0.25) is 0 Å². The van der Waals surface area contributed by atoms with Gasteiger partial charge in [0.05, 0.1) is 0 Å². The van der Waals surface area contributed by atoms with Crippen LogP contribution in [0, 0.1) is 0 Å². The first-order valence-corrected chi connectivity index (χ1v) is 18.9. The molecule has 0 radical (unpaired) electrons. The van der Waals surface area contributed by atoms with E-state index in [0.717, 1.165) is 49.7 Å². The monoisotopic (exact) mass is 703 g/mol. The van der Waals surface area contributed by atoms with Gasteiger partial charge in [0.15, 0.2) is 17.5 Å². The Morgan fingerprint density at radius 1 is 0.327 bits per heavy atom. The van der Waals surface area contributed by atoms with Crippen molar-refractivity contribution in [1.82, 2.24) is 15.0 Å². The molecule has 260 valence electrons. The van der Waals surface area contributed by atoms with E-state index in [2.05, 4.69) is 190 Å². The van der Waals surface area contributed by atoms with E-state index >= 15 is 0 Å². The minimum atomic E-state index is -0.108. The zero-order valence-corrected chi connectivity index (χ0v) is 30.7. The minimum absolute atomic E-state index is 0.108. The van der Waals surface area contributed by atoms with Crippen molar-refractivity contribution in [3.05, 3.63) is 199 Å². The summed E-state index contributed by atoms with van der Waals surface area (Å²) in [5.41, 5.74) is 15.0. The molecule has 0 fully saturated rings. The molecule has 10 rings (SSSR count). The summed E-state index contributed by atoms with van der Waals surface area (Å²) in [6.07, 6.45) is 0. The smallest absolute Gasteiger partial charge is 0.164 e. The van der Waals surface area contributed by atoms with Crippen molar-refractivity contribution in [3.8, 4) is 78.7 Å². The lowest BCUT2D eigenvalue weighted by Crippen LogP contribution is -2.16. The molecule has 0 saturated carbocycles. The fourth-order valence-corrected chi connectivity index (χ4v) is 8.57. The number of hydrogen-bond acceptors (Lipinski definition) is 3. The van der Waals surface area contributed by atoms with Gasteiger partial charge in [-0.2, -0.15) is 0 Å². The Labute approximate surface area is 321 Å². The first-order chi connectivity index (χ1) is 27.0. The zero-order valence-electron chi connectivity index (χ0n) is 30.7. The summed E-state index contributed by atoms with van der Waals surface area (Å²) in [5, 5.41) is 2.23. The largest absolute Gasteiger partial charge is 0.208 e. The van der Waals surface area contributed by atoms with Crippen LogP contribution in [-0.4, -0.2) is 15.0 Å². The quantitative estimate of drug-likeness (QED) is 0.173. The molecule has 0 aliphatic heterocycles. The molecule has 0 bridgehead atoms. The summed E-state index contributed by atoms with van der Waals surface area (Å²) in [5.74, 6) is 1.91. The molecule has 0 atom stereocenters. The van der Waals surface area contributed by atoms with Crippen LogP contribution in [0.25, 0.3) is 89.4 Å². The summed E-state index contributed by atoms with van der Waals surface area (Å²) in [4.78, 5) is 15.8. The van der Waals surface area contributed by atoms with Gasteiger partial charge < -0.3 is 0 Å². The average molecular weight is 704 g/mol. The van der Waals surface area contributed by atoms with Gasteiger partial charge >= 0.3 is 0 Å². The standard InChI is InChI=1S/C52H37N3/c1-52(2)47-30-14-13-24-42(47)43-28-16-27-41(48(43)52)37-31-32-40-36(33-37)21-15-29-46(40)51-54-49(44-25-11-9-22-38(44)34-17-5-3-6-18-34)53-50(55-51)45-26-12-10-23-39(45)35-19-7-4-8-20-35/h3-33H,1-2H3. The van der Waals surface area contributed by atoms with E-state index in [1.54, 1.807) is 0 Å². The van der Waals surface area contributed by atoms with Crippen LogP contribution in [0.4, 0.5) is 0 Å². The number of fused-ring (bicyclic) bond motifs is 4. The lowest BCUT2D eigenvalue weighted by atomic mass is 9.78. The second-order valence-corrected chi connectivity index (χ2v) is 14.8. The predicted octanol–water partition coefficient (Wildman–Crippen LogP) is 13.3. The van der Waals surface area contributed by atoms with Crippen LogP contribution in [-0.2, 0) is 5.41 Å². The number of aromatic nitrogens is 3. The fraction of sp³-hybridized carbons (Fsp3) is 0.0577. The van der Waals surface area contributed by atoms with E-state index in [1.165, 1.54) is 33.4 Å². The van der Waals surface area contributed by atoms with E-state index in [9.17, 15) is 0 Å². The lowest BCUT2D eigenvalue weighted by molar-refractivity contribution is 0.662. The third kappa shape index (κ3) is 5.55. The molecule has 0 N–H and O–H groups in total. The molecule has 3 nitrogen and oxygen atoms in total. The average Bonchev–Trinajstić information content (AvgIpc) is 3.49. The maximum absolute atomic E-state index is 5.29. The molecule has 0 unspecified atom stereocenters. The Morgan fingerprint density at radius 2 is 0.782 bits per heavy atom. The van der Waals surface area contributed by atoms with Gasteiger partial charge in [-0.15, -0.1) is 0 Å². The fourth-order valence-electron chi connectivity index (χ4n) is 8.57. The Hall–Kier alpha value is -6.97. The summed E-state index contributed by atoms with van der Waals surface area (Å²) in [7, 11) is 0. The van der Waals surface area contributed by atoms with E-state index in [1.807, 2.05) is 12.1 Å².